The van der Waals surface area contributed by atoms with Crippen molar-refractivity contribution in [3.05, 3.63) is 29.3 Å². The van der Waals surface area contributed by atoms with Crippen LogP contribution in [0.1, 0.15) is 12.0 Å². The van der Waals surface area contributed by atoms with Crippen LogP contribution >= 0.6 is 27.3 Å². The molecule has 0 unspecified atom stereocenters. The Labute approximate surface area is 89.9 Å². The largest absolute Gasteiger partial charge is 0.245 e. The minimum atomic E-state index is 1.07. The fourth-order valence-corrected chi connectivity index (χ4v) is 2.27. The summed E-state index contributed by atoms with van der Waals surface area (Å²) in [5.41, 5.74) is 4.42. The molecule has 0 bridgehead atoms. The Morgan fingerprint density at radius 1 is 1.38 bits per heavy atom. The normalized spacial score (nSPS) is 10.8. The molecule has 2 aromatic rings. The summed E-state index contributed by atoms with van der Waals surface area (Å²) >= 11 is 5.14. The molecular weight excluding hydrogens is 246 g/mol. The molecule has 0 amide bonds. The second-order valence-electron chi connectivity index (χ2n) is 2.95. The molecule has 0 radical (unpaired) electrons. The minimum Gasteiger partial charge on any atom is -0.245 e. The molecule has 3 heteroatoms. The lowest BCUT2D eigenvalue weighted by Gasteiger charge is -1.97. The van der Waals surface area contributed by atoms with Gasteiger partial charge in [-0.3, -0.25) is 0 Å². The zero-order valence-electron chi connectivity index (χ0n) is 7.16. The first kappa shape index (κ1) is 9.16. The van der Waals surface area contributed by atoms with E-state index in [1.807, 2.05) is 5.51 Å². The Morgan fingerprint density at radius 3 is 3.15 bits per heavy atom. The summed E-state index contributed by atoms with van der Waals surface area (Å²) in [5.74, 6) is 0. The number of aromatic nitrogens is 1. The Balaban J connectivity index is 2.26. The van der Waals surface area contributed by atoms with Gasteiger partial charge in [-0.2, -0.15) is 0 Å². The van der Waals surface area contributed by atoms with Gasteiger partial charge in [0.15, 0.2) is 0 Å². The van der Waals surface area contributed by atoms with E-state index in [-0.39, 0.29) is 0 Å². The lowest BCUT2D eigenvalue weighted by molar-refractivity contribution is 0.941. The van der Waals surface area contributed by atoms with Crippen molar-refractivity contribution in [3.8, 4) is 0 Å². The summed E-state index contributed by atoms with van der Waals surface area (Å²) in [4.78, 5) is 4.29. The molecular formula is C10H10BrNS. The molecule has 0 aliphatic rings. The number of fused-ring (bicyclic) bond motifs is 1. The Kier molecular flexibility index (Phi) is 2.96. The molecule has 0 aliphatic carbocycles. The number of thiazole rings is 1. The van der Waals surface area contributed by atoms with Crippen molar-refractivity contribution in [1.29, 1.82) is 0 Å². The van der Waals surface area contributed by atoms with E-state index in [4.69, 9.17) is 0 Å². The average Bonchev–Trinajstić information content (AvgIpc) is 2.61. The van der Waals surface area contributed by atoms with Gasteiger partial charge in [-0.15, -0.1) is 11.3 Å². The van der Waals surface area contributed by atoms with Gasteiger partial charge in [0.1, 0.15) is 0 Å². The van der Waals surface area contributed by atoms with Crippen LogP contribution in [0.4, 0.5) is 0 Å². The van der Waals surface area contributed by atoms with Crippen LogP contribution in [0.25, 0.3) is 10.2 Å². The molecule has 0 spiro atoms. The molecule has 1 aromatic carbocycles. The van der Waals surface area contributed by atoms with Crippen LogP contribution in [-0.4, -0.2) is 10.3 Å². The highest BCUT2D eigenvalue weighted by atomic mass is 79.9. The molecule has 13 heavy (non-hydrogen) atoms. The van der Waals surface area contributed by atoms with Crippen LogP contribution in [-0.2, 0) is 6.42 Å². The predicted molar refractivity (Wildman–Crippen MR) is 61.7 cm³/mol. The number of hydrogen-bond donors (Lipinski definition) is 0. The lowest BCUT2D eigenvalue weighted by atomic mass is 10.1. The van der Waals surface area contributed by atoms with Gasteiger partial charge in [-0.1, -0.05) is 22.0 Å². The fourth-order valence-electron chi connectivity index (χ4n) is 1.33. The van der Waals surface area contributed by atoms with Gasteiger partial charge in [-0.05, 0) is 30.5 Å². The molecule has 68 valence electrons. The standard InChI is InChI=1S/C10H10BrNS/c11-5-1-2-8-3-4-10-9(6-8)12-7-13-10/h3-4,6-7H,1-2,5H2. The van der Waals surface area contributed by atoms with E-state index in [1.54, 1.807) is 11.3 Å². The summed E-state index contributed by atoms with van der Waals surface area (Å²) in [6.45, 7) is 0. The Bertz CT molecular complexity index is 396. The Morgan fingerprint density at radius 2 is 2.31 bits per heavy atom. The summed E-state index contributed by atoms with van der Waals surface area (Å²) in [6, 6.07) is 6.55. The van der Waals surface area contributed by atoms with Crippen molar-refractivity contribution in [2.45, 2.75) is 12.8 Å². The first-order valence-corrected chi connectivity index (χ1v) is 6.28. The third-order valence-corrected chi connectivity index (χ3v) is 3.36. The molecule has 1 nitrogen and oxygen atoms in total. The van der Waals surface area contributed by atoms with Crippen molar-refractivity contribution in [2.75, 3.05) is 5.33 Å². The van der Waals surface area contributed by atoms with Crippen molar-refractivity contribution in [1.82, 2.24) is 4.98 Å². The molecule has 0 N–H and O–H groups in total. The number of alkyl halides is 1. The lowest BCUT2D eigenvalue weighted by Crippen LogP contribution is -1.85. The first-order valence-electron chi connectivity index (χ1n) is 4.28. The number of hydrogen-bond acceptors (Lipinski definition) is 2. The molecule has 0 atom stereocenters. The van der Waals surface area contributed by atoms with Gasteiger partial charge in [0.25, 0.3) is 0 Å². The number of rotatable bonds is 3. The van der Waals surface area contributed by atoms with Crippen LogP contribution in [0.5, 0.6) is 0 Å². The van der Waals surface area contributed by atoms with Crippen molar-refractivity contribution in [3.63, 3.8) is 0 Å². The fraction of sp³-hybridized carbons (Fsp3) is 0.300. The van der Waals surface area contributed by atoms with Crippen molar-refractivity contribution >= 4 is 37.5 Å². The van der Waals surface area contributed by atoms with Gasteiger partial charge >= 0.3 is 0 Å². The predicted octanol–water partition coefficient (Wildman–Crippen LogP) is 3.62. The number of nitrogens with zero attached hydrogens (tertiary/aromatic N) is 1. The molecule has 0 saturated carbocycles. The summed E-state index contributed by atoms with van der Waals surface area (Å²) in [5, 5.41) is 1.07. The van der Waals surface area contributed by atoms with Crippen molar-refractivity contribution < 1.29 is 0 Å². The van der Waals surface area contributed by atoms with Crippen LogP contribution in [0, 0.1) is 0 Å². The van der Waals surface area contributed by atoms with Gasteiger partial charge in [0, 0.05) is 5.33 Å². The monoisotopic (exact) mass is 255 g/mol. The zero-order chi connectivity index (χ0) is 9.10. The van der Waals surface area contributed by atoms with Gasteiger partial charge in [0.05, 0.1) is 15.7 Å². The zero-order valence-corrected chi connectivity index (χ0v) is 9.57. The number of halogens is 1. The van der Waals surface area contributed by atoms with E-state index in [0.717, 1.165) is 17.3 Å². The number of benzene rings is 1. The first-order chi connectivity index (χ1) is 6.40. The maximum Gasteiger partial charge on any atom is 0.0814 e. The van der Waals surface area contributed by atoms with Gasteiger partial charge in [0.2, 0.25) is 0 Å². The highest BCUT2D eigenvalue weighted by Crippen LogP contribution is 2.19. The molecule has 1 heterocycles. The summed E-state index contributed by atoms with van der Waals surface area (Å²) in [6.07, 6.45) is 2.33. The van der Waals surface area contributed by atoms with Crippen molar-refractivity contribution in [2.24, 2.45) is 0 Å². The SMILES string of the molecule is BrCCCc1ccc2scnc2c1. The number of aryl methyl sites for hydroxylation is 1. The highest BCUT2D eigenvalue weighted by molar-refractivity contribution is 9.09. The second-order valence-corrected chi connectivity index (χ2v) is 4.63. The Hall–Kier alpha value is -0.410. The van der Waals surface area contributed by atoms with Gasteiger partial charge < -0.3 is 0 Å². The summed E-state index contributed by atoms with van der Waals surface area (Å²) < 4.78 is 1.28. The summed E-state index contributed by atoms with van der Waals surface area (Å²) in [7, 11) is 0. The molecule has 1 aromatic heterocycles. The topological polar surface area (TPSA) is 12.9 Å². The van der Waals surface area contributed by atoms with Crippen LogP contribution in [0.2, 0.25) is 0 Å². The van der Waals surface area contributed by atoms with E-state index in [2.05, 4.69) is 39.1 Å². The molecule has 0 fully saturated rings. The smallest absolute Gasteiger partial charge is 0.0814 e. The average molecular weight is 256 g/mol. The quantitative estimate of drug-likeness (QED) is 0.764. The van der Waals surface area contributed by atoms with Gasteiger partial charge in [-0.25, -0.2) is 4.98 Å². The molecule has 0 aliphatic heterocycles. The maximum absolute atomic E-state index is 4.29. The van der Waals surface area contributed by atoms with E-state index in [1.165, 1.54) is 16.7 Å². The van der Waals surface area contributed by atoms with Crippen LogP contribution < -0.4 is 0 Å². The van der Waals surface area contributed by atoms with E-state index in [0.29, 0.717) is 0 Å². The van der Waals surface area contributed by atoms with E-state index >= 15 is 0 Å². The van der Waals surface area contributed by atoms with E-state index in [9.17, 15) is 0 Å². The van der Waals surface area contributed by atoms with Crippen LogP contribution in [0.3, 0.4) is 0 Å². The molecule has 2 rings (SSSR count). The highest BCUT2D eigenvalue weighted by Gasteiger charge is 1.98. The van der Waals surface area contributed by atoms with E-state index < -0.39 is 0 Å². The second kappa shape index (κ2) is 4.20. The third-order valence-electron chi connectivity index (χ3n) is 1.99. The van der Waals surface area contributed by atoms with Crippen LogP contribution in [0.15, 0.2) is 23.7 Å². The molecule has 0 saturated heterocycles. The minimum absolute atomic E-state index is 1.07. The maximum atomic E-state index is 4.29. The third kappa shape index (κ3) is 2.09.